The first-order valence-corrected chi connectivity index (χ1v) is 12.6. The Hall–Kier alpha value is -3.52. The Balaban J connectivity index is 1.11. The maximum Gasteiger partial charge on any atom is 0.220 e. The predicted molar refractivity (Wildman–Crippen MR) is 136 cm³/mol. The van der Waals surface area contributed by atoms with Crippen LogP contribution < -0.4 is 20.9 Å². The topological polar surface area (TPSA) is 81.2 Å². The molecule has 3 unspecified atom stereocenters. The van der Waals surface area contributed by atoms with E-state index in [9.17, 15) is 4.79 Å². The first-order chi connectivity index (χ1) is 17.2. The highest BCUT2D eigenvalue weighted by atomic mass is 16.5. The highest BCUT2D eigenvalue weighted by Crippen LogP contribution is 2.34. The lowest BCUT2D eigenvalue weighted by molar-refractivity contribution is -0.121. The summed E-state index contributed by atoms with van der Waals surface area (Å²) >= 11 is 0. The molecule has 1 saturated heterocycles. The summed E-state index contributed by atoms with van der Waals surface area (Å²) in [4.78, 5) is 14.5. The van der Waals surface area contributed by atoms with E-state index in [2.05, 4.69) is 68.6 Å². The summed E-state index contributed by atoms with van der Waals surface area (Å²) in [6.07, 6.45) is 8.33. The molecule has 184 valence electrons. The number of rotatable bonds is 10. The van der Waals surface area contributed by atoms with Crippen LogP contribution in [0.15, 0.2) is 72.1 Å². The molecule has 3 atom stereocenters. The van der Waals surface area contributed by atoms with Gasteiger partial charge in [-0.15, -0.1) is 0 Å². The molecular weight excluding hydrogens is 440 g/mol. The third kappa shape index (κ3) is 5.43. The van der Waals surface area contributed by atoms with E-state index in [-0.39, 0.29) is 24.2 Å². The first-order valence-electron chi connectivity index (χ1n) is 12.6. The standard InChI is InChI=1S/C27H34N6O2/c1-2-3-17-35-22-11-9-21(10-12-22)23-18-24-27-30-29-25(32(27)15-16-33(24)31-23)13-14-26(34)28-19-20-7-5-4-6-8-20/h4-12,15-16,23-24,27,30-31H,2-3,13-14,17-19H2,1H3,(H,28,34). The van der Waals surface area contributed by atoms with Gasteiger partial charge in [-0.1, -0.05) is 55.8 Å². The number of hydrogen-bond acceptors (Lipinski definition) is 7. The van der Waals surface area contributed by atoms with E-state index in [1.807, 2.05) is 36.5 Å². The summed E-state index contributed by atoms with van der Waals surface area (Å²) in [6.45, 7) is 3.48. The van der Waals surface area contributed by atoms with Gasteiger partial charge in [-0.2, -0.15) is 5.10 Å². The van der Waals surface area contributed by atoms with Crippen LogP contribution in [0.25, 0.3) is 0 Å². The Morgan fingerprint density at radius 2 is 1.97 bits per heavy atom. The zero-order chi connectivity index (χ0) is 24.0. The second-order valence-electron chi connectivity index (χ2n) is 9.23. The molecule has 0 aliphatic carbocycles. The number of hydrazone groups is 1. The lowest BCUT2D eigenvalue weighted by Gasteiger charge is -2.37. The maximum absolute atomic E-state index is 12.4. The van der Waals surface area contributed by atoms with Crippen LogP contribution in [0.2, 0.25) is 0 Å². The minimum Gasteiger partial charge on any atom is -0.494 e. The number of nitrogens with zero attached hydrogens (tertiary/aromatic N) is 3. The van der Waals surface area contributed by atoms with Gasteiger partial charge in [0.15, 0.2) is 0 Å². The van der Waals surface area contributed by atoms with Gasteiger partial charge in [0, 0.05) is 31.8 Å². The fourth-order valence-corrected chi connectivity index (χ4v) is 4.77. The van der Waals surface area contributed by atoms with Gasteiger partial charge in [0.1, 0.15) is 17.8 Å². The molecule has 0 aromatic heterocycles. The number of fused-ring (bicyclic) bond motifs is 3. The molecule has 2 aromatic rings. The molecule has 0 bridgehead atoms. The van der Waals surface area contributed by atoms with Crippen LogP contribution in [0.4, 0.5) is 0 Å². The number of unbranched alkanes of at least 4 members (excludes halogenated alkanes) is 1. The SMILES string of the molecule is CCCCOc1ccc(C2CC3C4NN=C(CCC(=O)NCc5ccccc5)N4C=CN3N2)cc1. The van der Waals surface area contributed by atoms with Crippen molar-refractivity contribution >= 4 is 11.7 Å². The van der Waals surface area contributed by atoms with Crippen LogP contribution >= 0.6 is 0 Å². The summed E-state index contributed by atoms with van der Waals surface area (Å²) in [5.74, 6) is 1.86. The van der Waals surface area contributed by atoms with Crippen LogP contribution in [0.1, 0.15) is 56.2 Å². The van der Waals surface area contributed by atoms with Gasteiger partial charge in [-0.25, -0.2) is 5.43 Å². The zero-order valence-corrected chi connectivity index (χ0v) is 20.2. The van der Waals surface area contributed by atoms with Gasteiger partial charge in [-0.05, 0) is 36.1 Å². The summed E-state index contributed by atoms with van der Waals surface area (Å²) in [5.41, 5.74) is 9.26. The van der Waals surface area contributed by atoms with E-state index in [1.54, 1.807) is 0 Å². The van der Waals surface area contributed by atoms with Crippen molar-refractivity contribution in [3.63, 3.8) is 0 Å². The smallest absolute Gasteiger partial charge is 0.220 e. The minimum absolute atomic E-state index is 0.0346. The van der Waals surface area contributed by atoms with Crippen molar-refractivity contribution in [2.75, 3.05) is 6.61 Å². The Morgan fingerprint density at radius 3 is 2.77 bits per heavy atom. The van der Waals surface area contributed by atoms with Crippen molar-refractivity contribution in [3.8, 4) is 5.75 Å². The van der Waals surface area contributed by atoms with Gasteiger partial charge in [0.05, 0.1) is 18.7 Å². The first kappa shape index (κ1) is 23.2. The zero-order valence-electron chi connectivity index (χ0n) is 20.2. The molecule has 3 heterocycles. The third-order valence-corrected chi connectivity index (χ3v) is 6.77. The van der Waals surface area contributed by atoms with Crippen molar-refractivity contribution in [3.05, 3.63) is 78.1 Å². The highest BCUT2D eigenvalue weighted by molar-refractivity contribution is 5.89. The van der Waals surface area contributed by atoms with Crippen molar-refractivity contribution in [1.29, 1.82) is 0 Å². The van der Waals surface area contributed by atoms with Crippen molar-refractivity contribution in [2.24, 2.45) is 5.10 Å². The Morgan fingerprint density at radius 1 is 1.14 bits per heavy atom. The van der Waals surface area contributed by atoms with E-state index in [0.29, 0.717) is 19.4 Å². The summed E-state index contributed by atoms with van der Waals surface area (Å²) < 4.78 is 5.80. The monoisotopic (exact) mass is 474 g/mol. The molecule has 0 spiro atoms. The molecule has 3 aliphatic rings. The molecule has 0 saturated carbocycles. The number of carbonyl (C=O) groups excluding carboxylic acids is 1. The van der Waals surface area contributed by atoms with E-state index in [4.69, 9.17) is 4.74 Å². The van der Waals surface area contributed by atoms with Crippen LogP contribution in [0.5, 0.6) is 5.75 Å². The average molecular weight is 475 g/mol. The predicted octanol–water partition coefficient (Wildman–Crippen LogP) is 3.61. The van der Waals surface area contributed by atoms with Gasteiger partial charge < -0.3 is 20.0 Å². The van der Waals surface area contributed by atoms with Crippen LogP contribution in [0, 0.1) is 0 Å². The number of carbonyl (C=O) groups is 1. The number of hydrogen-bond donors (Lipinski definition) is 3. The van der Waals surface area contributed by atoms with E-state index in [0.717, 1.165) is 43.0 Å². The number of amidine groups is 1. The number of hydrazine groups is 1. The van der Waals surface area contributed by atoms with E-state index < -0.39 is 0 Å². The lowest BCUT2D eigenvalue weighted by atomic mass is 9.99. The lowest BCUT2D eigenvalue weighted by Crippen LogP contribution is -2.54. The average Bonchev–Trinajstić information content (AvgIpc) is 3.51. The fraction of sp³-hybridized carbons (Fsp3) is 0.407. The molecule has 1 fully saturated rings. The molecule has 35 heavy (non-hydrogen) atoms. The summed E-state index contributed by atoms with van der Waals surface area (Å²) in [6, 6.07) is 18.8. The minimum atomic E-state index is 0.0346. The molecule has 8 nitrogen and oxygen atoms in total. The van der Waals surface area contributed by atoms with E-state index in [1.165, 1.54) is 5.56 Å². The summed E-state index contributed by atoms with van der Waals surface area (Å²) in [7, 11) is 0. The Labute approximate surface area is 207 Å². The number of benzene rings is 2. The molecule has 2 aromatic carbocycles. The number of nitrogens with one attached hydrogen (secondary N) is 3. The normalized spacial score (nSPS) is 22.3. The van der Waals surface area contributed by atoms with Crippen LogP contribution in [-0.4, -0.2) is 40.5 Å². The van der Waals surface area contributed by atoms with Gasteiger partial charge >= 0.3 is 0 Å². The van der Waals surface area contributed by atoms with Crippen LogP contribution in [0.3, 0.4) is 0 Å². The van der Waals surface area contributed by atoms with Crippen molar-refractivity contribution in [1.82, 2.24) is 26.1 Å². The fourth-order valence-electron chi connectivity index (χ4n) is 4.77. The number of amides is 1. The molecule has 8 heteroatoms. The van der Waals surface area contributed by atoms with E-state index >= 15 is 0 Å². The Kier molecular flexibility index (Phi) is 7.18. The van der Waals surface area contributed by atoms with Crippen molar-refractivity contribution in [2.45, 2.75) is 63.8 Å². The van der Waals surface area contributed by atoms with Crippen molar-refractivity contribution < 1.29 is 9.53 Å². The molecular formula is C27H34N6O2. The van der Waals surface area contributed by atoms with Gasteiger partial charge in [0.25, 0.3) is 0 Å². The molecule has 5 rings (SSSR count). The molecule has 3 aliphatic heterocycles. The van der Waals surface area contributed by atoms with Crippen LogP contribution in [-0.2, 0) is 11.3 Å². The second-order valence-corrected chi connectivity index (χ2v) is 9.23. The maximum atomic E-state index is 12.4. The van der Waals surface area contributed by atoms with Gasteiger partial charge in [-0.3, -0.25) is 10.2 Å². The quantitative estimate of drug-likeness (QED) is 0.457. The molecule has 1 amide bonds. The second kappa shape index (κ2) is 10.8. The van der Waals surface area contributed by atoms with Gasteiger partial charge in [0.2, 0.25) is 5.91 Å². The Bertz CT molecular complexity index is 1060. The summed E-state index contributed by atoms with van der Waals surface area (Å²) in [5, 5.41) is 9.74. The molecule has 3 N–H and O–H groups in total. The molecule has 0 radical (unpaired) electrons. The largest absolute Gasteiger partial charge is 0.494 e. The number of ether oxygens (including phenoxy) is 1. The third-order valence-electron chi connectivity index (χ3n) is 6.77. The highest BCUT2D eigenvalue weighted by Gasteiger charge is 2.44.